The van der Waals surface area contributed by atoms with Crippen molar-refractivity contribution in [1.82, 2.24) is 10.2 Å². The summed E-state index contributed by atoms with van der Waals surface area (Å²) in [4.78, 5) is 0. The number of methoxy groups -OCH3 is 1. The van der Waals surface area contributed by atoms with Crippen LogP contribution in [0.15, 0.2) is 66.7 Å². The minimum atomic E-state index is -0.296. The Bertz CT molecular complexity index is 1150. The molecule has 0 bridgehead atoms. The van der Waals surface area contributed by atoms with E-state index in [1.54, 1.807) is 37.4 Å². The number of aromatic amines is 1. The number of ether oxygens (including phenoxy) is 1. The lowest BCUT2D eigenvalue weighted by Crippen LogP contribution is -1.92. The van der Waals surface area contributed by atoms with Crippen molar-refractivity contribution in [3.8, 4) is 33.9 Å². The molecule has 3 aromatic carbocycles. The molecule has 0 saturated carbocycles. The van der Waals surface area contributed by atoms with Crippen LogP contribution in [0.1, 0.15) is 5.56 Å². The average Bonchev–Trinajstić information content (AvgIpc) is 3.19. The molecule has 0 radical (unpaired) electrons. The van der Waals surface area contributed by atoms with Crippen molar-refractivity contribution in [2.45, 2.75) is 6.92 Å². The maximum atomic E-state index is 14.2. The minimum absolute atomic E-state index is 0.225. The van der Waals surface area contributed by atoms with Gasteiger partial charge >= 0.3 is 0 Å². The normalized spacial score (nSPS) is 10.7. The second-order valence-electron chi connectivity index (χ2n) is 6.71. The number of rotatable bonds is 5. The highest BCUT2D eigenvalue weighted by Crippen LogP contribution is 2.30. The molecule has 0 saturated heterocycles. The second-order valence-corrected chi connectivity index (χ2v) is 6.71. The van der Waals surface area contributed by atoms with Crippen molar-refractivity contribution in [1.29, 1.82) is 0 Å². The van der Waals surface area contributed by atoms with Crippen LogP contribution in [0, 0.1) is 12.7 Å². The maximum Gasteiger partial charge on any atom is 0.152 e. The third-order valence-corrected chi connectivity index (χ3v) is 4.73. The van der Waals surface area contributed by atoms with E-state index in [0.29, 0.717) is 17.1 Å². The first kappa shape index (κ1) is 18.6. The van der Waals surface area contributed by atoms with E-state index < -0.39 is 0 Å². The van der Waals surface area contributed by atoms with Crippen molar-refractivity contribution < 1.29 is 14.2 Å². The molecule has 0 unspecified atom stereocenters. The van der Waals surface area contributed by atoms with Crippen molar-refractivity contribution in [3.63, 3.8) is 0 Å². The van der Waals surface area contributed by atoms with Crippen LogP contribution in [0.4, 0.5) is 15.9 Å². The summed E-state index contributed by atoms with van der Waals surface area (Å²) in [6.45, 7) is 1.91. The Labute approximate surface area is 167 Å². The van der Waals surface area contributed by atoms with Gasteiger partial charge in [0, 0.05) is 17.3 Å². The van der Waals surface area contributed by atoms with Crippen LogP contribution in [0.5, 0.6) is 11.5 Å². The fraction of sp³-hybridized carbons (Fsp3) is 0.0870. The first-order valence-corrected chi connectivity index (χ1v) is 9.10. The quantitative estimate of drug-likeness (QED) is 0.386. The molecular weight excluding hydrogens is 369 g/mol. The van der Waals surface area contributed by atoms with Crippen LogP contribution < -0.4 is 10.1 Å². The number of benzene rings is 3. The lowest BCUT2D eigenvalue weighted by Gasteiger charge is -2.07. The summed E-state index contributed by atoms with van der Waals surface area (Å²) in [7, 11) is 1.56. The fourth-order valence-electron chi connectivity index (χ4n) is 3.14. The SMILES string of the molecule is COc1ccc(F)c(-c2ccc(-c3cc(Nc4ccc(O)cc4C)n[nH]3)cc2)c1. The number of anilines is 2. The molecule has 0 aliphatic carbocycles. The zero-order chi connectivity index (χ0) is 20.4. The Morgan fingerprint density at radius 1 is 0.966 bits per heavy atom. The Morgan fingerprint density at radius 2 is 1.72 bits per heavy atom. The molecule has 1 aromatic heterocycles. The molecular formula is C23H20FN3O2. The van der Waals surface area contributed by atoms with Gasteiger partial charge in [0.05, 0.1) is 12.8 Å². The van der Waals surface area contributed by atoms with Gasteiger partial charge in [0.1, 0.15) is 17.3 Å². The first-order valence-electron chi connectivity index (χ1n) is 9.10. The van der Waals surface area contributed by atoms with Gasteiger partial charge in [-0.3, -0.25) is 5.10 Å². The Kier molecular flexibility index (Phi) is 4.91. The van der Waals surface area contributed by atoms with Crippen LogP contribution in [-0.2, 0) is 0 Å². The van der Waals surface area contributed by atoms with Gasteiger partial charge in [0.15, 0.2) is 5.82 Å². The number of aryl methyl sites for hydroxylation is 1. The van der Waals surface area contributed by atoms with E-state index in [1.807, 2.05) is 37.3 Å². The number of nitrogens with one attached hydrogen (secondary N) is 2. The predicted octanol–water partition coefficient (Wildman–Crippen LogP) is 5.65. The number of aromatic nitrogens is 2. The molecule has 0 aliphatic rings. The number of phenolic OH excluding ortho intramolecular Hbond substituents is 1. The van der Waals surface area contributed by atoms with Gasteiger partial charge in [-0.25, -0.2) is 4.39 Å². The highest BCUT2D eigenvalue weighted by atomic mass is 19.1. The van der Waals surface area contributed by atoms with Gasteiger partial charge in [-0.1, -0.05) is 24.3 Å². The molecule has 0 spiro atoms. The zero-order valence-corrected chi connectivity index (χ0v) is 16.0. The van der Waals surface area contributed by atoms with Crippen molar-refractivity contribution >= 4 is 11.5 Å². The molecule has 5 nitrogen and oxygen atoms in total. The fourth-order valence-corrected chi connectivity index (χ4v) is 3.14. The number of halogens is 1. The van der Waals surface area contributed by atoms with Gasteiger partial charge in [0.25, 0.3) is 0 Å². The van der Waals surface area contributed by atoms with Gasteiger partial charge < -0.3 is 15.2 Å². The van der Waals surface area contributed by atoms with Crippen molar-refractivity contribution in [3.05, 3.63) is 78.1 Å². The molecule has 4 aromatic rings. The summed E-state index contributed by atoms with van der Waals surface area (Å²) < 4.78 is 19.4. The minimum Gasteiger partial charge on any atom is -0.508 e. The topological polar surface area (TPSA) is 70.2 Å². The van der Waals surface area contributed by atoms with Crippen LogP contribution in [0.2, 0.25) is 0 Å². The van der Waals surface area contributed by atoms with E-state index in [9.17, 15) is 9.50 Å². The molecule has 0 amide bonds. The van der Waals surface area contributed by atoms with E-state index in [4.69, 9.17) is 4.74 Å². The van der Waals surface area contributed by atoms with E-state index in [2.05, 4.69) is 15.5 Å². The summed E-state index contributed by atoms with van der Waals surface area (Å²) >= 11 is 0. The summed E-state index contributed by atoms with van der Waals surface area (Å²) in [6.07, 6.45) is 0. The van der Waals surface area contributed by atoms with E-state index in [0.717, 1.165) is 28.1 Å². The molecule has 3 N–H and O–H groups in total. The molecule has 4 rings (SSSR count). The number of hydrogen-bond donors (Lipinski definition) is 3. The molecule has 0 aliphatic heterocycles. The molecule has 146 valence electrons. The van der Waals surface area contributed by atoms with Gasteiger partial charge in [0.2, 0.25) is 0 Å². The highest BCUT2D eigenvalue weighted by molar-refractivity contribution is 5.72. The summed E-state index contributed by atoms with van der Waals surface area (Å²) in [6, 6.07) is 19.3. The van der Waals surface area contributed by atoms with Crippen molar-refractivity contribution in [2.75, 3.05) is 12.4 Å². The number of phenols is 1. The maximum absolute atomic E-state index is 14.2. The predicted molar refractivity (Wildman–Crippen MR) is 112 cm³/mol. The highest BCUT2D eigenvalue weighted by Gasteiger charge is 2.09. The Balaban J connectivity index is 1.56. The number of H-pyrrole nitrogens is 1. The van der Waals surface area contributed by atoms with E-state index in [-0.39, 0.29) is 11.6 Å². The number of hydrogen-bond acceptors (Lipinski definition) is 4. The van der Waals surface area contributed by atoms with Crippen molar-refractivity contribution in [2.24, 2.45) is 0 Å². The lowest BCUT2D eigenvalue weighted by molar-refractivity contribution is 0.414. The molecule has 29 heavy (non-hydrogen) atoms. The van der Waals surface area contributed by atoms with Crippen LogP contribution in [-0.4, -0.2) is 22.4 Å². The third kappa shape index (κ3) is 3.91. The van der Waals surface area contributed by atoms with Crippen LogP contribution in [0.3, 0.4) is 0 Å². The molecule has 6 heteroatoms. The van der Waals surface area contributed by atoms with Gasteiger partial charge in [-0.2, -0.15) is 5.10 Å². The summed E-state index contributed by atoms with van der Waals surface area (Å²) in [5, 5.41) is 20.1. The standard InChI is InChI=1S/C23H20FN3O2/c1-14-11-17(28)7-10-21(14)25-23-13-22(26-27-23)16-5-3-15(4-6-16)19-12-18(29-2)8-9-20(19)24/h3-13,28H,1-2H3,(H2,25,26,27). The number of nitrogens with zero attached hydrogens (tertiary/aromatic N) is 1. The summed E-state index contributed by atoms with van der Waals surface area (Å²) in [5.41, 5.74) is 4.80. The molecule has 0 fully saturated rings. The smallest absolute Gasteiger partial charge is 0.152 e. The van der Waals surface area contributed by atoms with Crippen LogP contribution in [0.25, 0.3) is 22.4 Å². The molecule has 0 atom stereocenters. The summed E-state index contributed by atoms with van der Waals surface area (Å²) in [5.74, 6) is 1.20. The van der Waals surface area contributed by atoms with Gasteiger partial charge in [-0.15, -0.1) is 0 Å². The van der Waals surface area contributed by atoms with Crippen LogP contribution >= 0.6 is 0 Å². The first-order chi connectivity index (χ1) is 14.0. The van der Waals surface area contributed by atoms with Gasteiger partial charge in [-0.05, 0) is 60.0 Å². The third-order valence-electron chi connectivity index (χ3n) is 4.73. The zero-order valence-electron chi connectivity index (χ0n) is 16.0. The van der Waals surface area contributed by atoms with E-state index >= 15 is 0 Å². The lowest BCUT2D eigenvalue weighted by atomic mass is 10.0. The number of aromatic hydroxyl groups is 1. The second kappa shape index (κ2) is 7.67. The Morgan fingerprint density at radius 3 is 2.45 bits per heavy atom. The monoisotopic (exact) mass is 389 g/mol. The average molecular weight is 389 g/mol. The Hall–Kier alpha value is -3.80. The van der Waals surface area contributed by atoms with E-state index in [1.165, 1.54) is 6.07 Å². The largest absolute Gasteiger partial charge is 0.508 e. The molecule has 1 heterocycles.